The molecule has 0 aliphatic carbocycles. The first kappa shape index (κ1) is 56.0. The number of rotatable bonds is 40. The quantitative estimate of drug-likeness (QED) is 0.0201. The van der Waals surface area contributed by atoms with E-state index in [9.17, 15) is 19.2 Å². The van der Waals surface area contributed by atoms with E-state index in [4.69, 9.17) is 38.7 Å². The summed E-state index contributed by atoms with van der Waals surface area (Å²) in [5.41, 5.74) is 7.06. The number of hydrogen-bond acceptors (Lipinski definition) is 12. The molecule has 16 nitrogen and oxygen atoms in total. The largest absolute Gasteiger partial charge is 0.460 e. The van der Waals surface area contributed by atoms with Crippen molar-refractivity contribution < 1.29 is 52.3 Å². The molecule has 0 aromatic rings. The summed E-state index contributed by atoms with van der Waals surface area (Å²) in [6, 6.07) is -0.900. The van der Waals surface area contributed by atoms with Crippen LogP contribution in [0.25, 0.3) is 10.4 Å². The Hall–Kier alpha value is -3.01. The van der Waals surface area contributed by atoms with Gasteiger partial charge in [-0.1, -0.05) is 82.2 Å². The molecule has 59 heavy (non-hydrogen) atoms. The monoisotopic (exact) mass is 844 g/mol. The van der Waals surface area contributed by atoms with Gasteiger partial charge in [0.15, 0.2) is 0 Å². The number of ether oxygens (including phenoxy) is 7. The predicted molar refractivity (Wildman–Crippen MR) is 228 cm³/mol. The molecule has 0 bridgehead atoms. The summed E-state index contributed by atoms with van der Waals surface area (Å²) >= 11 is 0. The van der Waals surface area contributed by atoms with Crippen LogP contribution >= 0.6 is 0 Å². The normalized spacial score (nSPS) is 12.1. The number of carbonyl (C=O) groups is 4. The molecule has 0 heterocycles. The van der Waals surface area contributed by atoms with Crippen LogP contribution in [0.4, 0.5) is 0 Å². The summed E-state index contributed by atoms with van der Waals surface area (Å²) in [6.07, 6.45) is 16.9. The predicted octanol–water partition coefficient (Wildman–Crippen LogP) is 7.69. The van der Waals surface area contributed by atoms with Crippen molar-refractivity contribution in [2.45, 2.75) is 174 Å². The van der Waals surface area contributed by atoms with E-state index in [-0.39, 0.29) is 30.6 Å². The highest BCUT2D eigenvalue weighted by molar-refractivity contribution is 5.85. The third-order valence-corrected chi connectivity index (χ3v) is 8.60. The first-order valence-electron chi connectivity index (χ1n) is 22.1. The maximum atomic E-state index is 12.9. The Morgan fingerprint density at radius 1 is 0.525 bits per heavy atom. The van der Waals surface area contributed by atoms with E-state index in [0.717, 1.165) is 38.5 Å². The number of unbranched alkanes of at least 4 members (excludes halogenated alkanes) is 13. The molecule has 0 aromatic heterocycles. The Balaban J connectivity index is 3.92. The van der Waals surface area contributed by atoms with Crippen molar-refractivity contribution in [1.29, 1.82) is 0 Å². The van der Waals surface area contributed by atoms with Crippen LogP contribution < -0.4 is 10.6 Å². The van der Waals surface area contributed by atoms with Gasteiger partial charge in [0.2, 0.25) is 11.8 Å². The molecule has 1 unspecified atom stereocenters. The lowest BCUT2D eigenvalue weighted by molar-refractivity contribution is -0.159. The zero-order chi connectivity index (χ0) is 43.9. The van der Waals surface area contributed by atoms with Crippen molar-refractivity contribution in [3.05, 3.63) is 10.4 Å². The van der Waals surface area contributed by atoms with Crippen LogP contribution in [-0.4, -0.2) is 120 Å². The molecule has 344 valence electrons. The Kier molecular flexibility index (Phi) is 36.0. The van der Waals surface area contributed by atoms with E-state index in [1.54, 1.807) is 20.8 Å². The maximum absolute atomic E-state index is 12.9. The molecule has 1 atom stereocenters. The maximum Gasteiger partial charge on any atom is 0.329 e. The van der Waals surface area contributed by atoms with Crippen LogP contribution in [0.3, 0.4) is 0 Å². The lowest BCUT2D eigenvalue weighted by Gasteiger charge is -2.24. The van der Waals surface area contributed by atoms with Gasteiger partial charge in [-0.3, -0.25) is 14.4 Å². The highest BCUT2D eigenvalue weighted by Crippen LogP contribution is 2.16. The number of carbonyl (C=O) groups excluding carboxylic acids is 4. The highest BCUT2D eigenvalue weighted by Gasteiger charge is 2.27. The number of esters is 2. The van der Waals surface area contributed by atoms with E-state index < -0.39 is 23.2 Å². The first-order chi connectivity index (χ1) is 28.2. The SMILES string of the molecule is CC(C)(C)OC(=O)CCCCCCCCCCCCCCCCC(=O)NC(CCC(=O)NCCOCCOCCOCCOCCOCCN=[N+]=[N-])C(=O)OC(C)(C)C. The zero-order valence-corrected chi connectivity index (χ0v) is 37.6. The second-order valence-corrected chi connectivity index (χ2v) is 16.6. The summed E-state index contributed by atoms with van der Waals surface area (Å²) in [5, 5.41) is 8.97. The molecule has 0 fully saturated rings. The zero-order valence-electron chi connectivity index (χ0n) is 37.6. The van der Waals surface area contributed by atoms with Crippen molar-refractivity contribution >= 4 is 23.8 Å². The van der Waals surface area contributed by atoms with Gasteiger partial charge < -0.3 is 43.8 Å². The summed E-state index contributed by atoms with van der Waals surface area (Å²) in [5.74, 6) is -1.09. The van der Waals surface area contributed by atoms with Crippen molar-refractivity contribution in [1.82, 2.24) is 10.6 Å². The van der Waals surface area contributed by atoms with Gasteiger partial charge in [-0.2, -0.15) is 0 Å². The van der Waals surface area contributed by atoms with E-state index in [0.29, 0.717) is 92.0 Å². The fraction of sp³-hybridized carbons (Fsp3) is 0.907. The molecule has 2 amide bonds. The minimum atomic E-state index is -0.900. The topological polar surface area (TPSA) is 206 Å². The second-order valence-electron chi connectivity index (χ2n) is 16.6. The Labute approximate surface area is 355 Å². The van der Waals surface area contributed by atoms with Gasteiger partial charge in [0.1, 0.15) is 17.2 Å². The van der Waals surface area contributed by atoms with Gasteiger partial charge in [0.25, 0.3) is 0 Å². The summed E-state index contributed by atoms with van der Waals surface area (Å²) < 4.78 is 37.9. The van der Waals surface area contributed by atoms with Crippen molar-refractivity contribution in [3.8, 4) is 0 Å². The van der Waals surface area contributed by atoms with Crippen LogP contribution in [0.15, 0.2) is 5.11 Å². The minimum absolute atomic E-state index is 0.0579. The Morgan fingerprint density at radius 3 is 1.37 bits per heavy atom. The number of hydrogen-bond donors (Lipinski definition) is 2. The summed E-state index contributed by atoms with van der Waals surface area (Å²) in [6.45, 7) is 15.7. The van der Waals surface area contributed by atoms with Crippen molar-refractivity contribution in [2.24, 2.45) is 5.11 Å². The number of amides is 2. The molecule has 0 rings (SSSR count). The third-order valence-electron chi connectivity index (χ3n) is 8.60. The summed E-state index contributed by atoms with van der Waals surface area (Å²) in [4.78, 5) is 52.5. The number of nitrogens with one attached hydrogen (secondary N) is 2. The molecule has 0 aliphatic heterocycles. The lowest BCUT2D eigenvalue weighted by Crippen LogP contribution is -2.44. The van der Waals surface area contributed by atoms with Gasteiger partial charge in [-0.25, -0.2) is 4.79 Å². The fourth-order valence-electron chi connectivity index (χ4n) is 5.72. The van der Waals surface area contributed by atoms with E-state index in [1.165, 1.54) is 51.4 Å². The van der Waals surface area contributed by atoms with E-state index in [2.05, 4.69) is 20.7 Å². The van der Waals surface area contributed by atoms with Crippen LogP contribution in [0, 0.1) is 0 Å². The fourth-order valence-corrected chi connectivity index (χ4v) is 5.72. The molecule has 0 radical (unpaired) electrons. The standard InChI is InChI=1S/C43H81N5O11/c1-42(2,3)58-40(51)22-20-18-16-14-12-10-8-7-9-11-13-15-17-19-21-39(50)47-37(41(52)59-43(4,5)6)23-24-38(49)45-25-27-53-29-31-55-33-35-57-36-34-56-32-30-54-28-26-46-48-44/h37H,7-36H2,1-6H3,(H,45,49)(H,47,50). The molecular weight excluding hydrogens is 762 g/mol. The molecule has 0 saturated heterocycles. The van der Waals surface area contributed by atoms with Crippen LogP contribution in [0.5, 0.6) is 0 Å². The van der Waals surface area contributed by atoms with Gasteiger partial charge in [0.05, 0.1) is 66.1 Å². The number of azide groups is 1. The summed E-state index contributed by atoms with van der Waals surface area (Å²) in [7, 11) is 0. The highest BCUT2D eigenvalue weighted by atomic mass is 16.6. The average molecular weight is 844 g/mol. The van der Waals surface area contributed by atoms with Gasteiger partial charge in [0, 0.05) is 37.3 Å². The van der Waals surface area contributed by atoms with Crippen molar-refractivity contribution in [3.63, 3.8) is 0 Å². The second kappa shape index (κ2) is 38.0. The van der Waals surface area contributed by atoms with Gasteiger partial charge in [-0.05, 0) is 66.3 Å². The average Bonchev–Trinajstić information content (AvgIpc) is 3.15. The van der Waals surface area contributed by atoms with Crippen LogP contribution in [0.2, 0.25) is 0 Å². The van der Waals surface area contributed by atoms with Crippen LogP contribution in [-0.2, 0) is 52.3 Å². The van der Waals surface area contributed by atoms with Gasteiger partial charge >= 0.3 is 11.9 Å². The van der Waals surface area contributed by atoms with E-state index >= 15 is 0 Å². The molecule has 2 N–H and O–H groups in total. The minimum Gasteiger partial charge on any atom is -0.460 e. The van der Waals surface area contributed by atoms with Crippen molar-refractivity contribution in [2.75, 3.05) is 79.2 Å². The molecule has 16 heteroatoms. The Bertz CT molecular complexity index is 1120. The van der Waals surface area contributed by atoms with E-state index in [1.807, 2.05) is 20.8 Å². The molecular formula is C43H81N5O11. The number of nitrogens with zero attached hydrogens (tertiary/aromatic N) is 3. The smallest absolute Gasteiger partial charge is 0.329 e. The first-order valence-corrected chi connectivity index (χ1v) is 22.1. The molecule has 0 aliphatic rings. The lowest BCUT2D eigenvalue weighted by atomic mass is 10.0. The van der Waals surface area contributed by atoms with Gasteiger partial charge in [-0.15, -0.1) is 0 Å². The van der Waals surface area contributed by atoms with Crippen LogP contribution in [0.1, 0.15) is 157 Å². The molecule has 0 spiro atoms. The molecule has 0 aromatic carbocycles. The Morgan fingerprint density at radius 2 is 0.932 bits per heavy atom. The molecule has 0 saturated carbocycles. The third kappa shape index (κ3) is 42.9.